The van der Waals surface area contributed by atoms with Crippen LogP contribution in [0.3, 0.4) is 0 Å². The molecule has 1 aliphatic rings. The molecule has 1 aromatic heterocycles. The number of aromatic nitrogens is 2. The molecule has 0 saturated heterocycles. The van der Waals surface area contributed by atoms with Crippen LogP contribution in [0.15, 0.2) is 24.3 Å². The molecule has 3 rings (SSSR count). The molecule has 1 atom stereocenters. The second-order valence-electron chi connectivity index (χ2n) is 6.70. The number of nitrogens with two attached hydrogens (primary N) is 1. The normalized spacial score (nSPS) is 21.2. The lowest BCUT2D eigenvalue weighted by molar-refractivity contribution is 0.328. The Morgan fingerprint density at radius 2 is 2.15 bits per heavy atom. The van der Waals surface area contributed by atoms with Crippen LogP contribution in [0.5, 0.6) is 0 Å². The minimum absolute atomic E-state index is 0.317. The molecule has 0 aliphatic heterocycles. The predicted octanol–water partition coefficient (Wildman–Crippen LogP) is 4.26. The lowest BCUT2D eigenvalue weighted by Crippen LogP contribution is -2.16. The molecule has 3 heteroatoms. The van der Waals surface area contributed by atoms with E-state index in [9.17, 15) is 0 Å². The van der Waals surface area contributed by atoms with E-state index >= 15 is 0 Å². The molecule has 2 aromatic rings. The van der Waals surface area contributed by atoms with Crippen LogP contribution < -0.4 is 5.73 Å². The molecular weight excluding hydrogens is 246 g/mol. The van der Waals surface area contributed by atoms with Crippen molar-refractivity contribution in [3.8, 4) is 11.1 Å². The molecule has 1 unspecified atom stereocenters. The van der Waals surface area contributed by atoms with Gasteiger partial charge in [-0.3, -0.25) is 5.10 Å². The highest BCUT2D eigenvalue weighted by Gasteiger charge is 2.38. The zero-order valence-corrected chi connectivity index (χ0v) is 12.5. The van der Waals surface area contributed by atoms with Gasteiger partial charge in [-0.25, -0.2) is 0 Å². The fourth-order valence-corrected chi connectivity index (χ4v) is 3.59. The number of nitrogens with zero attached hydrogens (tertiary/aromatic N) is 1. The summed E-state index contributed by atoms with van der Waals surface area (Å²) in [6, 6.07) is 8.51. The molecule has 0 bridgehead atoms. The number of aryl methyl sites for hydroxylation is 1. The van der Waals surface area contributed by atoms with E-state index in [-0.39, 0.29) is 0 Å². The lowest BCUT2D eigenvalue weighted by atomic mass is 9.78. The molecular formula is C17H23N3. The zero-order chi connectivity index (χ0) is 14.3. The van der Waals surface area contributed by atoms with E-state index in [2.05, 4.69) is 55.2 Å². The molecule has 1 saturated carbocycles. The van der Waals surface area contributed by atoms with Crippen LogP contribution in [-0.4, -0.2) is 10.2 Å². The number of anilines is 1. The molecule has 0 spiro atoms. The highest BCUT2D eigenvalue weighted by atomic mass is 15.2. The fourth-order valence-electron chi connectivity index (χ4n) is 3.59. The first-order chi connectivity index (χ1) is 9.49. The molecule has 1 heterocycles. The summed E-state index contributed by atoms with van der Waals surface area (Å²) in [5.41, 5.74) is 11.2. The van der Waals surface area contributed by atoms with Gasteiger partial charge in [-0.1, -0.05) is 50.1 Å². The van der Waals surface area contributed by atoms with Crippen molar-refractivity contribution >= 4 is 5.82 Å². The van der Waals surface area contributed by atoms with Gasteiger partial charge in [0.2, 0.25) is 0 Å². The van der Waals surface area contributed by atoms with Crippen molar-refractivity contribution in [3.05, 3.63) is 35.5 Å². The van der Waals surface area contributed by atoms with Gasteiger partial charge in [0, 0.05) is 17.2 Å². The molecule has 0 amide bonds. The number of hydrogen-bond donors (Lipinski definition) is 2. The second-order valence-corrected chi connectivity index (χ2v) is 6.70. The number of hydrogen-bond acceptors (Lipinski definition) is 2. The van der Waals surface area contributed by atoms with Crippen molar-refractivity contribution in [1.29, 1.82) is 0 Å². The van der Waals surface area contributed by atoms with Crippen LogP contribution in [0.2, 0.25) is 0 Å². The van der Waals surface area contributed by atoms with Gasteiger partial charge in [-0.15, -0.1) is 0 Å². The molecule has 1 fully saturated rings. The number of rotatable bonds is 2. The highest BCUT2D eigenvalue weighted by Crippen LogP contribution is 2.51. The summed E-state index contributed by atoms with van der Waals surface area (Å²) in [6.07, 6.45) is 3.77. The Bertz CT molecular complexity index is 625. The maximum Gasteiger partial charge on any atom is 0.153 e. The van der Waals surface area contributed by atoms with Crippen LogP contribution in [-0.2, 0) is 0 Å². The number of nitrogens with one attached hydrogen (secondary N) is 1. The van der Waals surface area contributed by atoms with Gasteiger partial charge >= 0.3 is 0 Å². The van der Waals surface area contributed by atoms with Gasteiger partial charge in [-0.05, 0) is 30.7 Å². The van der Waals surface area contributed by atoms with Crippen LogP contribution >= 0.6 is 0 Å². The Balaban J connectivity index is 2.11. The van der Waals surface area contributed by atoms with E-state index in [1.807, 2.05) is 0 Å². The third kappa shape index (κ3) is 2.11. The lowest BCUT2D eigenvalue weighted by Gasteiger charge is -2.27. The molecule has 106 valence electrons. The maximum absolute atomic E-state index is 6.14. The fraction of sp³-hybridized carbons (Fsp3) is 0.471. The van der Waals surface area contributed by atoms with Gasteiger partial charge < -0.3 is 5.73 Å². The quantitative estimate of drug-likeness (QED) is 0.855. The summed E-state index contributed by atoms with van der Waals surface area (Å²) >= 11 is 0. The smallest absolute Gasteiger partial charge is 0.153 e. The van der Waals surface area contributed by atoms with Gasteiger partial charge in [0.15, 0.2) is 5.82 Å². The summed E-state index contributed by atoms with van der Waals surface area (Å²) in [7, 11) is 0. The average molecular weight is 269 g/mol. The van der Waals surface area contributed by atoms with E-state index in [1.54, 1.807) is 0 Å². The van der Waals surface area contributed by atoms with Crippen molar-refractivity contribution in [2.75, 3.05) is 5.73 Å². The minimum atomic E-state index is 0.317. The first kappa shape index (κ1) is 13.2. The Morgan fingerprint density at radius 3 is 2.80 bits per heavy atom. The third-order valence-corrected chi connectivity index (χ3v) is 4.73. The monoisotopic (exact) mass is 269 g/mol. The largest absolute Gasteiger partial charge is 0.382 e. The van der Waals surface area contributed by atoms with Crippen LogP contribution in [0.1, 0.15) is 50.3 Å². The Kier molecular flexibility index (Phi) is 3.08. The molecule has 20 heavy (non-hydrogen) atoms. The standard InChI is InChI=1S/C17H23N3/c1-11-6-4-7-12(10-11)14-15(19-20-16(14)18)13-8-5-9-17(13,2)3/h4,6-7,10,13H,5,8-9H2,1-3H3,(H3,18,19,20). The van der Waals surface area contributed by atoms with Crippen molar-refractivity contribution < 1.29 is 0 Å². The van der Waals surface area contributed by atoms with Crippen molar-refractivity contribution in [2.24, 2.45) is 5.41 Å². The summed E-state index contributed by atoms with van der Waals surface area (Å²) in [4.78, 5) is 0. The third-order valence-electron chi connectivity index (χ3n) is 4.73. The molecule has 1 aromatic carbocycles. The summed E-state index contributed by atoms with van der Waals surface area (Å²) in [5.74, 6) is 1.14. The number of benzene rings is 1. The summed E-state index contributed by atoms with van der Waals surface area (Å²) < 4.78 is 0. The second kappa shape index (κ2) is 4.65. The topological polar surface area (TPSA) is 54.7 Å². The van der Waals surface area contributed by atoms with E-state index in [1.165, 1.54) is 36.1 Å². The number of H-pyrrole nitrogens is 1. The van der Waals surface area contributed by atoms with E-state index in [0.29, 0.717) is 17.2 Å². The summed E-state index contributed by atoms with van der Waals surface area (Å²) in [6.45, 7) is 6.81. The maximum atomic E-state index is 6.14. The average Bonchev–Trinajstić information content (AvgIpc) is 2.91. The first-order valence-corrected chi connectivity index (χ1v) is 7.40. The van der Waals surface area contributed by atoms with Crippen LogP contribution in [0.25, 0.3) is 11.1 Å². The van der Waals surface area contributed by atoms with Crippen molar-refractivity contribution in [3.63, 3.8) is 0 Å². The Morgan fingerprint density at radius 1 is 1.35 bits per heavy atom. The van der Waals surface area contributed by atoms with Crippen molar-refractivity contribution in [1.82, 2.24) is 10.2 Å². The van der Waals surface area contributed by atoms with Gasteiger partial charge in [0.05, 0.1) is 0 Å². The first-order valence-electron chi connectivity index (χ1n) is 7.40. The zero-order valence-electron chi connectivity index (χ0n) is 12.5. The van der Waals surface area contributed by atoms with Gasteiger partial charge in [0.1, 0.15) is 0 Å². The molecule has 3 nitrogen and oxygen atoms in total. The number of nitrogen functional groups attached to an aromatic ring is 1. The Labute approximate surface area is 120 Å². The molecule has 3 N–H and O–H groups in total. The van der Waals surface area contributed by atoms with Gasteiger partial charge in [-0.2, -0.15) is 5.10 Å². The molecule has 1 aliphatic carbocycles. The summed E-state index contributed by atoms with van der Waals surface area (Å²) in [5, 5.41) is 7.50. The van der Waals surface area contributed by atoms with E-state index < -0.39 is 0 Å². The van der Waals surface area contributed by atoms with Crippen LogP contribution in [0.4, 0.5) is 5.82 Å². The van der Waals surface area contributed by atoms with E-state index in [0.717, 1.165) is 5.56 Å². The Hall–Kier alpha value is -1.77. The minimum Gasteiger partial charge on any atom is -0.382 e. The number of aromatic amines is 1. The highest BCUT2D eigenvalue weighted by molar-refractivity contribution is 5.77. The predicted molar refractivity (Wildman–Crippen MR) is 83.5 cm³/mol. The van der Waals surface area contributed by atoms with E-state index in [4.69, 9.17) is 5.73 Å². The van der Waals surface area contributed by atoms with Crippen molar-refractivity contribution in [2.45, 2.75) is 46.0 Å². The molecule has 0 radical (unpaired) electrons. The van der Waals surface area contributed by atoms with Crippen LogP contribution in [0, 0.1) is 12.3 Å². The SMILES string of the molecule is Cc1cccc(-c2c(N)n[nH]c2C2CCCC2(C)C)c1. The van der Waals surface area contributed by atoms with Gasteiger partial charge in [0.25, 0.3) is 0 Å².